The minimum absolute atomic E-state index is 0.134. The minimum atomic E-state index is -0.134. The van der Waals surface area contributed by atoms with Gasteiger partial charge < -0.3 is 19.9 Å². The summed E-state index contributed by atoms with van der Waals surface area (Å²) in [4.78, 5) is 32.4. The quantitative estimate of drug-likeness (QED) is 0.588. The average Bonchev–Trinajstić information content (AvgIpc) is 2.94. The number of nitrogens with zero attached hydrogens (tertiary/aromatic N) is 3. The summed E-state index contributed by atoms with van der Waals surface area (Å²) in [7, 11) is 1.61. The highest BCUT2D eigenvalue weighted by Gasteiger charge is 2.33. The Kier molecular flexibility index (Phi) is 8.86. The van der Waals surface area contributed by atoms with E-state index in [-0.39, 0.29) is 11.8 Å². The fourth-order valence-corrected chi connectivity index (χ4v) is 5.52. The molecular formula is C29H40N4O3. The van der Waals surface area contributed by atoms with Gasteiger partial charge in [-0.15, -0.1) is 0 Å². The molecule has 2 fully saturated rings. The first kappa shape index (κ1) is 26.0. The summed E-state index contributed by atoms with van der Waals surface area (Å²) in [5.74, 6) is 1.08. The number of ether oxygens (including phenoxy) is 1. The molecule has 7 heteroatoms. The van der Waals surface area contributed by atoms with Gasteiger partial charge in [0.05, 0.1) is 13.0 Å². The molecule has 2 aliphatic rings. The number of carbonyl (C=O) groups is 2. The average molecular weight is 493 g/mol. The monoisotopic (exact) mass is 492 g/mol. The highest BCUT2D eigenvalue weighted by Crippen LogP contribution is 2.28. The molecule has 7 nitrogen and oxygen atoms in total. The lowest BCUT2D eigenvalue weighted by Crippen LogP contribution is -2.51. The molecule has 2 aliphatic heterocycles. The van der Waals surface area contributed by atoms with Gasteiger partial charge in [0.15, 0.2) is 0 Å². The second-order valence-electron chi connectivity index (χ2n) is 9.79. The summed E-state index contributed by atoms with van der Waals surface area (Å²) in [5.41, 5.74) is 2.57. The smallest absolute Gasteiger partial charge is 0.255 e. The van der Waals surface area contributed by atoms with Crippen LogP contribution in [-0.4, -0.2) is 74.0 Å². The van der Waals surface area contributed by atoms with Crippen LogP contribution in [0.1, 0.15) is 49.9 Å². The Morgan fingerprint density at radius 1 is 0.944 bits per heavy atom. The van der Waals surface area contributed by atoms with Crippen LogP contribution < -0.4 is 15.0 Å². The lowest BCUT2D eigenvalue weighted by molar-refractivity contribution is -0.137. The fraction of sp³-hybridized carbons (Fsp3) is 0.517. The molecule has 0 unspecified atom stereocenters. The minimum Gasteiger partial charge on any atom is -0.497 e. The number of hydrogen-bond acceptors (Lipinski definition) is 5. The van der Waals surface area contributed by atoms with Crippen molar-refractivity contribution in [3.05, 3.63) is 54.1 Å². The van der Waals surface area contributed by atoms with Crippen molar-refractivity contribution in [3.8, 4) is 5.75 Å². The molecule has 194 valence electrons. The topological polar surface area (TPSA) is 65.1 Å². The molecule has 1 atom stereocenters. The predicted molar refractivity (Wildman–Crippen MR) is 145 cm³/mol. The van der Waals surface area contributed by atoms with Crippen LogP contribution in [0.15, 0.2) is 48.5 Å². The summed E-state index contributed by atoms with van der Waals surface area (Å²) >= 11 is 0. The zero-order chi connectivity index (χ0) is 25.5. The summed E-state index contributed by atoms with van der Waals surface area (Å²) in [6.07, 6.45) is 4.36. The van der Waals surface area contributed by atoms with Gasteiger partial charge in [-0.1, -0.05) is 0 Å². The van der Waals surface area contributed by atoms with Crippen LogP contribution in [0.5, 0.6) is 5.75 Å². The lowest BCUT2D eigenvalue weighted by atomic mass is 9.92. The van der Waals surface area contributed by atoms with E-state index >= 15 is 0 Å². The van der Waals surface area contributed by atoms with Crippen molar-refractivity contribution in [2.75, 3.05) is 56.6 Å². The second kappa shape index (κ2) is 12.3. The van der Waals surface area contributed by atoms with Crippen molar-refractivity contribution in [3.63, 3.8) is 0 Å². The van der Waals surface area contributed by atoms with Crippen LogP contribution in [0.3, 0.4) is 0 Å². The number of carbonyl (C=O) groups excluding carboxylic acids is 2. The zero-order valence-corrected chi connectivity index (χ0v) is 21.9. The lowest BCUT2D eigenvalue weighted by Gasteiger charge is -2.43. The first-order valence-electron chi connectivity index (χ1n) is 13.4. The number of piperidine rings is 2. The van der Waals surface area contributed by atoms with E-state index in [0.29, 0.717) is 17.5 Å². The van der Waals surface area contributed by atoms with Crippen molar-refractivity contribution in [2.24, 2.45) is 5.92 Å². The van der Waals surface area contributed by atoms with Gasteiger partial charge in [0.25, 0.3) is 5.91 Å². The van der Waals surface area contributed by atoms with Crippen molar-refractivity contribution < 1.29 is 14.3 Å². The number of amides is 2. The first-order valence-corrected chi connectivity index (χ1v) is 13.4. The molecule has 1 N–H and O–H groups in total. The first-order chi connectivity index (χ1) is 17.5. The Balaban J connectivity index is 1.27. The molecule has 0 saturated carbocycles. The largest absolute Gasteiger partial charge is 0.497 e. The molecule has 2 aromatic rings. The normalized spacial score (nSPS) is 19.1. The molecular weight excluding hydrogens is 452 g/mol. The van der Waals surface area contributed by atoms with Gasteiger partial charge in [-0.2, -0.15) is 0 Å². The predicted octanol–water partition coefficient (Wildman–Crippen LogP) is 4.50. The molecule has 0 radical (unpaired) electrons. The standard InChI is InChI=1S/C29H40N4O3/c1-4-31(5-2)29(35)23-7-6-18-33(21-23)26-16-19-32(20-17-26)25-12-10-24(11-13-25)30-28(34)22-8-14-27(36-3)15-9-22/h8-15,23,26H,4-7,16-21H2,1-3H3,(H,30,34)/t23-/m0/s1. The number of likely N-dealkylation sites (tertiary alicyclic amines) is 1. The number of hydrogen-bond donors (Lipinski definition) is 1. The third-order valence-electron chi connectivity index (χ3n) is 7.70. The van der Waals surface area contributed by atoms with Gasteiger partial charge >= 0.3 is 0 Å². The molecule has 2 amide bonds. The Morgan fingerprint density at radius 2 is 1.61 bits per heavy atom. The maximum absolute atomic E-state index is 12.9. The van der Waals surface area contributed by atoms with E-state index in [4.69, 9.17) is 4.74 Å². The van der Waals surface area contributed by atoms with Crippen LogP contribution in [0.2, 0.25) is 0 Å². The maximum Gasteiger partial charge on any atom is 0.255 e. The molecule has 2 heterocycles. The number of rotatable bonds is 8. The second-order valence-corrected chi connectivity index (χ2v) is 9.79. The SMILES string of the molecule is CCN(CC)C(=O)[C@H]1CCCN(C2CCN(c3ccc(NC(=O)c4ccc(OC)cc4)cc3)CC2)C1. The summed E-state index contributed by atoms with van der Waals surface area (Å²) in [6, 6.07) is 15.8. The van der Waals surface area contributed by atoms with Gasteiger partial charge in [-0.25, -0.2) is 0 Å². The van der Waals surface area contributed by atoms with E-state index in [9.17, 15) is 9.59 Å². The number of nitrogens with one attached hydrogen (secondary N) is 1. The molecule has 2 saturated heterocycles. The van der Waals surface area contributed by atoms with E-state index in [1.807, 2.05) is 17.0 Å². The van der Waals surface area contributed by atoms with Crippen LogP contribution >= 0.6 is 0 Å². The molecule has 2 aromatic carbocycles. The zero-order valence-electron chi connectivity index (χ0n) is 21.9. The van der Waals surface area contributed by atoms with Gasteiger partial charge in [0.1, 0.15) is 5.75 Å². The Bertz CT molecular complexity index is 996. The van der Waals surface area contributed by atoms with Crippen molar-refractivity contribution >= 4 is 23.2 Å². The van der Waals surface area contributed by atoms with Gasteiger partial charge in [-0.3, -0.25) is 14.5 Å². The van der Waals surface area contributed by atoms with E-state index in [1.165, 1.54) is 5.69 Å². The molecule has 0 aromatic heterocycles. The van der Waals surface area contributed by atoms with E-state index in [2.05, 4.69) is 41.1 Å². The number of anilines is 2. The molecule has 4 rings (SSSR count). The third kappa shape index (κ3) is 6.19. The van der Waals surface area contributed by atoms with E-state index < -0.39 is 0 Å². The van der Waals surface area contributed by atoms with Crippen molar-refractivity contribution in [1.82, 2.24) is 9.80 Å². The number of benzene rings is 2. The van der Waals surface area contributed by atoms with Crippen LogP contribution in [0, 0.1) is 5.92 Å². The van der Waals surface area contributed by atoms with Gasteiger partial charge in [-0.05, 0) is 94.6 Å². The third-order valence-corrected chi connectivity index (χ3v) is 7.70. The Labute approximate surface area is 215 Å². The van der Waals surface area contributed by atoms with Gasteiger partial charge in [0.2, 0.25) is 5.91 Å². The van der Waals surface area contributed by atoms with Crippen molar-refractivity contribution in [2.45, 2.75) is 45.6 Å². The fourth-order valence-electron chi connectivity index (χ4n) is 5.52. The maximum atomic E-state index is 12.9. The molecule has 0 aliphatic carbocycles. The van der Waals surface area contributed by atoms with Crippen LogP contribution in [0.25, 0.3) is 0 Å². The van der Waals surface area contributed by atoms with Crippen LogP contribution in [-0.2, 0) is 4.79 Å². The van der Waals surface area contributed by atoms with Crippen molar-refractivity contribution in [1.29, 1.82) is 0 Å². The van der Waals surface area contributed by atoms with E-state index in [0.717, 1.165) is 76.4 Å². The summed E-state index contributed by atoms with van der Waals surface area (Å²) < 4.78 is 5.16. The summed E-state index contributed by atoms with van der Waals surface area (Å²) in [5, 5.41) is 2.97. The van der Waals surface area contributed by atoms with Crippen LogP contribution in [0.4, 0.5) is 11.4 Å². The molecule has 0 bridgehead atoms. The highest BCUT2D eigenvalue weighted by molar-refractivity contribution is 6.04. The number of methoxy groups -OCH3 is 1. The summed E-state index contributed by atoms with van der Waals surface area (Å²) in [6.45, 7) is 9.76. The van der Waals surface area contributed by atoms with Gasteiger partial charge in [0, 0.05) is 55.7 Å². The molecule has 36 heavy (non-hydrogen) atoms. The Hall–Kier alpha value is -3.06. The highest BCUT2D eigenvalue weighted by atomic mass is 16.5. The Morgan fingerprint density at radius 3 is 2.22 bits per heavy atom. The molecule has 0 spiro atoms. The van der Waals surface area contributed by atoms with E-state index in [1.54, 1.807) is 31.4 Å².